The number of hydrogen-bond acceptors (Lipinski definition) is 3. The molecule has 0 aliphatic carbocycles. The minimum Gasteiger partial charge on any atom is -0.481 e. The largest absolute Gasteiger partial charge is 0.481 e. The number of unbranched alkanes of at least 4 members (excludes halogenated alkanes) is 5. The molecule has 0 heterocycles. The Morgan fingerprint density at radius 1 is 0.765 bits per heavy atom. The van der Waals surface area contributed by atoms with Gasteiger partial charge in [-0.3, -0.25) is 9.59 Å². The van der Waals surface area contributed by atoms with Crippen LogP contribution in [0.2, 0.25) is 0 Å². The molecule has 0 aliphatic heterocycles. The Morgan fingerprint density at radius 2 is 1.00 bits per heavy atom. The van der Waals surface area contributed by atoms with E-state index in [4.69, 9.17) is 10.2 Å². The van der Waals surface area contributed by atoms with Gasteiger partial charge in [-0.1, -0.05) is 25.7 Å². The zero-order valence-electron chi connectivity index (χ0n) is 10.5. The molecule has 0 fully saturated rings. The topological polar surface area (TPSA) is 110 Å². The second-order valence-electron chi connectivity index (χ2n) is 3.41. The number of hydrogen-bond donors (Lipinski definition) is 3. The Labute approximate surface area is 108 Å². The Morgan fingerprint density at radius 3 is 1.24 bits per heavy atom. The first kappa shape index (κ1) is 21.5. The number of carboxylic acids is 2. The van der Waals surface area contributed by atoms with E-state index >= 15 is 0 Å². The third-order valence-electron chi connectivity index (χ3n) is 2.03. The summed E-state index contributed by atoms with van der Waals surface area (Å²) in [4.78, 5) is 20.3. The molecule has 0 amide bonds. The minimum atomic E-state index is -0.740. The molecule has 0 aromatic carbocycles. The molecule has 0 spiro atoms. The summed E-state index contributed by atoms with van der Waals surface area (Å²) in [6, 6.07) is 0. The van der Waals surface area contributed by atoms with E-state index in [9.17, 15) is 9.59 Å². The molecule has 0 radical (unpaired) electrons. The van der Waals surface area contributed by atoms with Crippen molar-refractivity contribution in [2.24, 2.45) is 0 Å². The lowest BCUT2D eigenvalue weighted by Crippen LogP contribution is -1.94. The van der Waals surface area contributed by atoms with Gasteiger partial charge in [0.25, 0.3) is 0 Å². The van der Waals surface area contributed by atoms with Crippen LogP contribution < -0.4 is 6.15 Å². The summed E-state index contributed by atoms with van der Waals surface area (Å²) in [5, 5.41) is 16.7. The molecule has 6 heteroatoms. The molecule has 0 aromatic heterocycles. The standard InChI is InChI=1S/C10H18O4.CH3Cl.H3N/c11-9(12)7-5-3-1-2-4-6-8-10(13)14;1-2;/h1-8H2,(H,11,12)(H,13,14);1H3;1H3. The van der Waals surface area contributed by atoms with Crippen LogP contribution in [0.1, 0.15) is 51.4 Å². The zero-order valence-corrected chi connectivity index (χ0v) is 11.2. The minimum absolute atomic E-state index is 0. The van der Waals surface area contributed by atoms with Crippen molar-refractivity contribution in [3.8, 4) is 0 Å². The van der Waals surface area contributed by atoms with Crippen LogP contribution in [0, 0.1) is 0 Å². The summed E-state index contributed by atoms with van der Waals surface area (Å²) in [6.07, 6.45) is 7.30. The monoisotopic (exact) mass is 269 g/mol. The molecule has 0 aromatic rings. The van der Waals surface area contributed by atoms with Crippen LogP contribution in [0.5, 0.6) is 0 Å². The highest BCUT2D eigenvalue weighted by atomic mass is 35.5. The van der Waals surface area contributed by atoms with E-state index in [0.717, 1.165) is 38.5 Å². The van der Waals surface area contributed by atoms with Crippen molar-refractivity contribution < 1.29 is 19.8 Å². The Balaban J connectivity index is -0.000000616. The Kier molecular flexibility index (Phi) is 22.2. The van der Waals surface area contributed by atoms with Crippen molar-refractivity contribution in [1.82, 2.24) is 6.15 Å². The van der Waals surface area contributed by atoms with Crippen LogP contribution in [-0.2, 0) is 9.59 Å². The SMILES string of the molecule is CCl.N.O=C(O)CCCCCCCCC(=O)O. The van der Waals surface area contributed by atoms with Gasteiger partial charge in [-0.2, -0.15) is 0 Å². The fourth-order valence-electron chi connectivity index (χ4n) is 1.26. The first-order valence-electron chi connectivity index (χ1n) is 5.44. The molecule has 0 saturated carbocycles. The van der Waals surface area contributed by atoms with E-state index in [1.807, 2.05) is 0 Å². The predicted molar refractivity (Wildman–Crippen MR) is 69.0 cm³/mol. The molecular weight excluding hydrogens is 246 g/mol. The number of alkyl halides is 1. The second-order valence-corrected chi connectivity index (χ2v) is 3.41. The maximum atomic E-state index is 10.1. The van der Waals surface area contributed by atoms with Gasteiger partial charge in [0.1, 0.15) is 0 Å². The molecular formula is C11H24ClNO4. The van der Waals surface area contributed by atoms with Gasteiger partial charge < -0.3 is 16.4 Å². The van der Waals surface area contributed by atoms with Crippen molar-refractivity contribution >= 4 is 23.5 Å². The van der Waals surface area contributed by atoms with Crippen LogP contribution >= 0.6 is 11.6 Å². The lowest BCUT2D eigenvalue weighted by atomic mass is 10.1. The Hall–Kier alpha value is -0.810. The second kappa shape index (κ2) is 17.6. The molecule has 0 atom stereocenters. The average Bonchev–Trinajstić information content (AvgIpc) is 2.24. The molecule has 0 unspecified atom stereocenters. The maximum Gasteiger partial charge on any atom is 0.303 e. The average molecular weight is 270 g/mol. The molecule has 0 saturated heterocycles. The van der Waals surface area contributed by atoms with Gasteiger partial charge in [-0.05, 0) is 12.8 Å². The highest BCUT2D eigenvalue weighted by Crippen LogP contribution is 2.08. The summed E-state index contributed by atoms with van der Waals surface area (Å²) in [6.45, 7) is 0. The highest BCUT2D eigenvalue weighted by molar-refractivity contribution is 6.15. The van der Waals surface area contributed by atoms with E-state index < -0.39 is 11.9 Å². The number of rotatable bonds is 9. The van der Waals surface area contributed by atoms with Crippen LogP contribution in [0.4, 0.5) is 0 Å². The van der Waals surface area contributed by atoms with Gasteiger partial charge in [0.2, 0.25) is 0 Å². The van der Waals surface area contributed by atoms with Crippen molar-refractivity contribution in [3.63, 3.8) is 0 Å². The van der Waals surface area contributed by atoms with Crippen molar-refractivity contribution in [1.29, 1.82) is 0 Å². The predicted octanol–water partition coefficient (Wildman–Crippen LogP) is 3.29. The van der Waals surface area contributed by atoms with Crippen molar-refractivity contribution in [3.05, 3.63) is 0 Å². The summed E-state index contributed by atoms with van der Waals surface area (Å²) >= 11 is 4.64. The molecule has 0 aliphatic rings. The van der Waals surface area contributed by atoms with Gasteiger partial charge in [-0.15, -0.1) is 11.6 Å². The fourth-order valence-corrected chi connectivity index (χ4v) is 1.26. The number of carbonyl (C=O) groups is 2. The summed E-state index contributed by atoms with van der Waals surface area (Å²) in [5.41, 5.74) is 0. The van der Waals surface area contributed by atoms with E-state index in [2.05, 4.69) is 11.6 Å². The van der Waals surface area contributed by atoms with E-state index in [1.54, 1.807) is 0 Å². The van der Waals surface area contributed by atoms with Gasteiger partial charge in [0, 0.05) is 19.2 Å². The molecule has 5 nitrogen and oxygen atoms in total. The highest BCUT2D eigenvalue weighted by Gasteiger charge is 1.98. The van der Waals surface area contributed by atoms with Gasteiger partial charge >= 0.3 is 11.9 Å². The smallest absolute Gasteiger partial charge is 0.303 e. The summed E-state index contributed by atoms with van der Waals surface area (Å²) < 4.78 is 0. The molecule has 5 N–H and O–H groups in total. The lowest BCUT2D eigenvalue weighted by molar-refractivity contribution is -0.138. The molecule has 104 valence electrons. The van der Waals surface area contributed by atoms with Gasteiger partial charge in [-0.25, -0.2) is 0 Å². The van der Waals surface area contributed by atoms with Crippen LogP contribution in [0.15, 0.2) is 0 Å². The lowest BCUT2D eigenvalue weighted by Gasteiger charge is -1.98. The first-order valence-corrected chi connectivity index (χ1v) is 6.20. The van der Waals surface area contributed by atoms with Gasteiger partial charge in [0.05, 0.1) is 0 Å². The molecule has 17 heavy (non-hydrogen) atoms. The van der Waals surface area contributed by atoms with Crippen LogP contribution in [0.25, 0.3) is 0 Å². The maximum absolute atomic E-state index is 10.1. The number of halogens is 1. The fraction of sp³-hybridized carbons (Fsp3) is 0.818. The van der Waals surface area contributed by atoms with E-state index in [0.29, 0.717) is 0 Å². The Bertz CT molecular complexity index is 168. The first-order chi connectivity index (χ1) is 7.63. The van der Waals surface area contributed by atoms with Crippen molar-refractivity contribution in [2.45, 2.75) is 51.4 Å². The third-order valence-corrected chi connectivity index (χ3v) is 2.03. The third kappa shape index (κ3) is 25.5. The molecule has 0 rings (SSSR count). The summed E-state index contributed by atoms with van der Waals surface area (Å²) in [7, 11) is 0. The van der Waals surface area contributed by atoms with E-state index in [1.165, 1.54) is 6.38 Å². The number of aliphatic carboxylic acids is 2. The van der Waals surface area contributed by atoms with Crippen LogP contribution in [-0.4, -0.2) is 28.5 Å². The number of carboxylic acid groups (broad SMARTS) is 2. The summed E-state index contributed by atoms with van der Waals surface area (Å²) in [5.74, 6) is -1.48. The van der Waals surface area contributed by atoms with Crippen LogP contribution in [0.3, 0.4) is 0 Å². The van der Waals surface area contributed by atoms with Crippen molar-refractivity contribution in [2.75, 3.05) is 6.38 Å². The quantitative estimate of drug-likeness (QED) is 0.439. The normalized spacial score (nSPS) is 8.59. The van der Waals surface area contributed by atoms with Gasteiger partial charge in [0.15, 0.2) is 0 Å². The van der Waals surface area contributed by atoms with E-state index in [-0.39, 0.29) is 19.0 Å². The zero-order chi connectivity index (χ0) is 12.8. The molecule has 0 bridgehead atoms.